The molecule has 1 rings (SSSR count). The summed E-state index contributed by atoms with van der Waals surface area (Å²) in [6.45, 7) is 2.62. The van der Waals surface area contributed by atoms with Gasteiger partial charge in [-0.2, -0.15) is 0 Å². The van der Waals surface area contributed by atoms with Gasteiger partial charge in [0.2, 0.25) is 0 Å². The summed E-state index contributed by atoms with van der Waals surface area (Å²) < 4.78 is 6.19. The zero-order chi connectivity index (χ0) is 8.27. The summed E-state index contributed by atoms with van der Waals surface area (Å²) >= 11 is 3.34. The van der Waals surface area contributed by atoms with E-state index in [1.165, 1.54) is 0 Å². The quantitative estimate of drug-likeness (QED) is 0.822. The van der Waals surface area contributed by atoms with Crippen molar-refractivity contribution in [1.29, 1.82) is 0 Å². The van der Waals surface area contributed by atoms with E-state index in [1.807, 2.05) is 25.1 Å². The van der Waals surface area contributed by atoms with E-state index < -0.39 is 0 Å². The normalized spacial score (nSPS) is 8.83. The number of rotatable bonds is 2. The summed E-state index contributed by atoms with van der Waals surface area (Å²) in [5.74, 6) is 0.835. The Labute approximate surface area is 86.6 Å². The molecule has 0 saturated carbocycles. The van der Waals surface area contributed by atoms with Gasteiger partial charge in [-0.3, -0.25) is 0 Å². The topological polar surface area (TPSA) is 35.2 Å². The minimum Gasteiger partial charge on any atom is -0.493 e. The number of hydrogen-bond donors (Lipinski definition) is 1. The molecule has 0 saturated heterocycles. The van der Waals surface area contributed by atoms with E-state index in [0.717, 1.165) is 15.9 Å². The molecule has 1 aromatic carbocycles. The SMILES string of the molecule is CCOc1ccc(N)cc1Br.Cl. The molecule has 0 fully saturated rings. The van der Waals surface area contributed by atoms with Crippen LogP contribution in [0.25, 0.3) is 0 Å². The van der Waals surface area contributed by atoms with Gasteiger partial charge in [0.05, 0.1) is 11.1 Å². The number of nitrogen functional groups attached to an aromatic ring is 1. The first-order valence-corrected chi connectivity index (χ1v) is 4.21. The molecule has 2 nitrogen and oxygen atoms in total. The van der Waals surface area contributed by atoms with Gasteiger partial charge in [-0.05, 0) is 41.1 Å². The minimum absolute atomic E-state index is 0. The molecule has 1 aromatic rings. The summed E-state index contributed by atoms with van der Waals surface area (Å²) in [6, 6.07) is 5.49. The van der Waals surface area contributed by atoms with E-state index in [0.29, 0.717) is 6.61 Å². The number of halogens is 2. The second-order valence-electron chi connectivity index (χ2n) is 2.12. The maximum Gasteiger partial charge on any atom is 0.133 e. The number of nitrogens with two attached hydrogens (primary N) is 1. The molecule has 0 aromatic heterocycles. The first-order valence-electron chi connectivity index (χ1n) is 3.42. The van der Waals surface area contributed by atoms with Crippen molar-refractivity contribution in [3.05, 3.63) is 22.7 Å². The Morgan fingerprint density at radius 3 is 2.67 bits per heavy atom. The molecule has 0 unspecified atom stereocenters. The molecule has 0 spiro atoms. The third-order valence-electron chi connectivity index (χ3n) is 1.26. The predicted molar refractivity (Wildman–Crippen MR) is 57.0 cm³/mol. The molecule has 4 heteroatoms. The third-order valence-corrected chi connectivity index (χ3v) is 1.88. The zero-order valence-electron chi connectivity index (χ0n) is 6.71. The van der Waals surface area contributed by atoms with Gasteiger partial charge in [-0.15, -0.1) is 12.4 Å². The van der Waals surface area contributed by atoms with Crippen molar-refractivity contribution in [3.63, 3.8) is 0 Å². The van der Waals surface area contributed by atoms with Crippen LogP contribution in [0, 0.1) is 0 Å². The van der Waals surface area contributed by atoms with Crippen LogP contribution >= 0.6 is 28.3 Å². The number of anilines is 1. The van der Waals surface area contributed by atoms with E-state index in [1.54, 1.807) is 0 Å². The minimum atomic E-state index is 0. The maximum absolute atomic E-state index is 5.54. The van der Waals surface area contributed by atoms with Gasteiger partial charge in [-0.1, -0.05) is 0 Å². The van der Waals surface area contributed by atoms with Crippen molar-refractivity contribution in [3.8, 4) is 5.75 Å². The fourth-order valence-electron chi connectivity index (χ4n) is 0.790. The van der Waals surface area contributed by atoms with Crippen molar-refractivity contribution < 1.29 is 4.74 Å². The van der Waals surface area contributed by atoms with E-state index >= 15 is 0 Å². The average Bonchev–Trinajstić information content (AvgIpc) is 1.95. The molecule has 2 N–H and O–H groups in total. The van der Waals surface area contributed by atoms with Crippen LogP contribution in [0.4, 0.5) is 5.69 Å². The van der Waals surface area contributed by atoms with Crippen LogP contribution in [0.5, 0.6) is 5.75 Å². The van der Waals surface area contributed by atoms with Crippen molar-refractivity contribution in [2.24, 2.45) is 0 Å². The predicted octanol–water partition coefficient (Wildman–Crippen LogP) is 2.85. The summed E-state index contributed by atoms with van der Waals surface area (Å²) in [5.41, 5.74) is 6.27. The largest absolute Gasteiger partial charge is 0.493 e. The fraction of sp³-hybridized carbons (Fsp3) is 0.250. The second kappa shape index (κ2) is 5.27. The van der Waals surface area contributed by atoms with Gasteiger partial charge in [0.1, 0.15) is 5.75 Å². The average molecular weight is 253 g/mol. The first-order chi connectivity index (χ1) is 5.24. The lowest BCUT2D eigenvalue weighted by atomic mass is 10.3. The Morgan fingerprint density at radius 2 is 2.17 bits per heavy atom. The molecule has 68 valence electrons. The summed E-state index contributed by atoms with van der Waals surface area (Å²) in [4.78, 5) is 0. The highest BCUT2D eigenvalue weighted by Crippen LogP contribution is 2.26. The molecule has 0 aliphatic heterocycles. The molecular weight excluding hydrogens is 241 g/mol. The van der Waals surface area contributed by atoms with Crippen LogP contribution in [0.3, 0.4) is 0 Å². The Balaban J connectivity index is 0.00000121. The molecule has 0 atom stereocenters. The molecule has 0 heterocycles. The van der Waals surface area contributed by atoms with Crippen LogP contribution < -0.4 is 10.5 Å². The van der Waals surface area contributed by atoms with Gasteiger partial charge in [0.25, 0.3) is 0 Å². The Hall–Kier alpha value is -0.410. The van der Waals surface area contributed by atoms with Crippen LogP contribution in [-0.4, -0.2) is 6.61 Å². The van der Waals surface area contributed by atoms with Crippen molar-refractivity contribution in [2.75, 3.05) is 12.3 Å². The number of ether oxygens (including phenoxy) is 1. The molecule has 0 radical (unpaired) electrons. The summed E-state index contributed by atoms with van der Waals surface area (Å²) in [7, 11) is 0. The smallest absolute Gasteiger partial charge is 0.133 e. The highest BCUT2D eigenvalue weighted by atomic mass is 79.9. The molecule has 0 amide bonds. The maximum atomic E-state index is 5.54. The molecule has 0 bridgehead atoms. The Morgan fingerprint density at radius 1 is 1.50 bits per heavy atom. The molecule has 12 heavy (non-hydrogen) atoms. The van der Waals surface area contributed by atoms with Gasteiger partial charge >= 0.3 is 0 Å². The lowest BCUT2D eigenvalue weighted by molar-refractivity contribution is 0.338. The Bertz CT molecular complexity index is 255. The van der Waals surface area contributed by atoms with Crippen LogP contribution in [0.1, 0.15) is 6.92 Å². The highest BCUT2D eigenvalue weighted by Gasteiger charge is 1.98. The van der Waals surface area contributed by atoms with Gasteiger partial charge in [-0.25, -0.2) is 0 Å². The second-order valence-corrected chi connectivity index (χ2v) is 2.98. The van der Waals surface area contributed by atoms with Crippen molar-refractivity contribution in [1.82, 2.24) is 0 Å². The third kappa shape index (κ3) is 2.91. The van der Waals surface area contributed by atoms with Crippen LogP contribution in [0.15, 0.2) is 22.7 Å². The molecular formula is C8H11BrClNO. The van der Waals surface area contributed by atoms with Crippen molar-refractivity contribution >= 4 is 34.0 Å². The fourth-order valence-corrected chi connectivity index (χ4v) is 1.30. The highest BCUT2D eigenvalue weighted by molar-refractivity contribution is 9.10. The van der Waals surface area contributed by atoms with Crippen LogP contribution in [0.2, 0.25) is 0 Å². The molecule has 0 aliphatic rings. The van der Waals surface area contributed by atoms with E-state index in [4.69, 9.17) is 10.5 Å². The first kappa shape index (κ1) is 11.6. The monoisotopic (exact) mass is 251 g/mol. The van der Waals surface area contributed by atoms with Gasteiger partial charge < -0.3 is 10.5 Å². The summed E-state index contributed by atoms with van der Waals surface area (Å²) in [6.07, 6.45) is 0. The van der Waals surface area contributed by atoms with Gasteiger partial charge in [0, 0.05) is 5.69 Å². The number of benzene rings is 1. The van der Waals surface area contributed by atoms with Crippen molar-refractivity contribution in [2.45, 2.75) is 6.92 Å². The zero-order valence-corrected chi connectivity index (χ0v) is 9.11. The summed E-state index contributed by atoms with van der Waals surface area (Å²) in [5, 5.41) is 0. The standard InChI is InChI=1S/C8H10BrNO.ClH/c1-2-11-8-4-3-6(10)5-7(8)9;/h3-5H,2,10H2,1H3;1H. The lowest BCUT2D eigenvalue weighted by Gasteiger charge is -2.05. The lowest BCUT2D eigenvalue weighted by Crippen LogP contribution is -1.93. The number of hydrogen-bond acceptors (Lipinski definition) is 2. The van der Waals surface area contributed by atoms with E-state index in [2.05, 4.69) is 15.9 Å². The Kier molecular flexibility index (Phi) is 5.09. The van der Waals surface area contributed by atoms with Crippen LogP contribution in [-0.2, 0) is 0 Å². The van der Waals surface area contributed by atoms with E-state index in [9.17, 15) is 0 Å². The molecule has 0 aliphatic carbocycles. The van der Waals surface area contributed by atoms with Gasteiger partial charge in [0.15, 0.2) is 0 Å². The van der Waals surface area contributed by atoms with E-state index in [-0.39, 0.29) is 12.4 Å².